The van der Waals surface area contributed by atoms with Crippen LogP contribution in [0.4, 0.5) is 0 Å². The van der Waals surface area contributed by atoms with E-state index in [-0.39, 0.29) is 11.8 Å². The lowest BCUT2D eigenvalue weighted by molar-refractivity contribution is -0.238. The average Bonchev–Trinajstić information content (AvgIpc) is 2.78. The zero-order valence-corrected chi connectivity index (χ0v) is 19.8. The first-order valence-electron chi connectivity index (χ1n) is 10.0. The SMILES string of the molecule is COC(OC)[C@@]1(C)Oc2ccc(OS(C)(=O)=O)cc2[C@@H](N/C(=N/C#N)Oc2ccccc2)[C@@H]1O. The Morgan fingerprint density at radius 1 is 1.21 bits per heavy atom. The lowest BCUT2D eigenvalue weighted by Crippen LogP contribution is -2.62. The second kappa shape index (κ2) is 10.3. The van der Waals surface area contributed by atoms with Gasteiger partial charge in [-0.15, -0.1) is 4.99 Å². The summed E-state index contributed by atoms with van der Waals surface area (Å²) in [6.45, 7) is 1.59. The number of rotatable bonds is 7. The minimum Gasteiger partial charge on any atom is -0.479 e. The van der Waals surface area contributed by atoms with Crippen LogP contribution in [0, 0.1) is 11.5 Å². The van der Waals surface area contributed by atoms with Crippen molar-refractivity contribution in [3.63, 3.8) is 0 Å². The first-order chi connectivity index (χ1) is 16.1. The molecule has 1 heterocycles. The van der Waals surface area contributed by atoms with Crippen molar-refractivity contribution in [1.29, 1.82) is 5.26 Å². The quantitative estimate of drug-likeness (QED) is 0.193. The highest BCUT2D eigenvalue weighted by Gasteiger charge is 2.52. The number of para-hydroxylation sites is 1. The number of nitriles is 1. The van der Waals surface area contributed by atoms with Gasteiger partial charge in [0.2, 0.25) is 6.19 Å². The van der Waals surface area contributed by atoms with E-state index in [4.69, 9.17) is 23.1 Å². The molecule has 3 rings (SSSR count). The van der Waals surface area contributed by atoms with Crippen molar-refractivity contribution < 1.29 is 36.7 Å². The van der Waals surface area contributed by atoms with Gasteiger partial charge >= 0.3 is 16.1 Å². The molecule has 0 unspecified atom stereocenters. The van der Waals surface area contributed by atoms with E-state index in [1.165, 1.54) is 32.4 Å². The molecule has 0 fully saturated rings. The van der Waals surface area contributed by atoms with Crippen molar-refractivity contribution in [2.75, 3.05) is 20.5 Å². The van der Waals surface area contributed by atoms with Crippen LogP contribution in [0.5, 0.6) is 17.2 Å². The molecule has 1 aliphatic heterocycles. The van der Waals surface area contributed by atoms with E-state index in [0.29, 0.717) is 17.1 Å². The highest BCUT2D eigenvalue weighted by Crippen LogP contribution is 2.43. The van der Waals surface area contributed by atoms with Gasteiger partial charge in [0, 0.05) is 19.8 Å². The maximum Gasteiger partial charge on any atom is 0.306 e. The molecule has 2 aromatic rings. The third kappa shape index (κ3) is 5.57. The van der Waals surface area contributed by atoms with Crippen molar-refractivity contribution in [3.8, 4) is 23.4 Å². The van der Waals surface area contributed by atoms with E-state index >= 15 is 0 Å². The summed E-state index contributed by atoms with van der Waals surface area (Å²) in [6.07, 6.45) is 0.240. The lowest BCUT2D eigenvalue weighted by atomic mass is 9.84. The number of benzene rings is 2. The summed E-state index contributed by atoms with van der Waals surface area (Å²) in [4.78, 5) is 3.68. The molecule has 0 saturated carbocycles. The Bertz CT molecular complexity index is 1180. The smallest absolute Gasteiger partial charge is 0.306 e. The van der Waals surface area contributed by atoms with Gasteiger partial charge < -0.3 is 33.6 Å². The maximum atomic E-state index is 11.6. The van der Waals surface area contributed by atoms with E-state index in [1.54, 1.807) is 43.4 Å². The molecule has 182 valence electrons. The molecule has 12 heteroatoms. The number of fused-ring (bicyclic) bond motifs is 1. The van der Waals surface area contributed by atoms with Crippen molar-refractivity contribution >= 4 is 16.1 Å². The van der Waals surface area contributed by atoms with Gasteiger partial charge in [-0.25, -0.2) is 0 Å². The first-order valence-corrected chi connectivity index (χ1v) is 11.8. The molecular weight excluding hydrogens is 466 g/mol. The van der Waals surface area contributed by atoms with Gasteiger partial charge in [-0.1, -0.05) is 18.2 Å². The van der Waals surface area contributed by atoms with Crippen LogP contribution in [-0.4, -0.2) is 58.0 Å². The molecule has 0 saturated heterocycles. The molecule has 0 bridgehead atoms. The van der Waals surface area contributed by atoms with Crippen LogP contribution in [0.25, 0.3) is 0 Å². The van der Waals surface area contributed by atoms with E-state index in [9.17, 15) is 18.8 Å². The number of methoxy groups -OCH3 is 2. The molecule has 1 aliphatic rings. The molecule has 2 N–H and O–H groups in total. The Balaban J connectivity index is 2.06. The van der Waals surface area contributed by atoms with Crippen molar-refractivity contribution in [2.24, 2.45) is 4.99 Å². The summed E-state index contributed by atoms with van der Waals surface area (Å²) in [5.74, 6) is 0.695. The largest absolute Gasteiger partial charge is 0.479 e. The average molecular weight is 492 g/mol. The number of hydrogen-bond donors (Lipinski definition) is 2. The van der Waals surface area contributed by atoms with Crippen molar-refractivity contribution in [2.45, 2.75) is 31.0 Å². The molecule has 0 amide bonds. The highest BCUT2D eigenvalue weighted by atomic mass is 32.2. The van der Waals surface area contributed by atoms with Gasteiger partial charge in [0.05, 0.1) is 12.3 Å². The van der Waals surface area contributed by atoms with E-state index in [1.807, 2.05) is 0 Å². The summed E-state index contributed by atoms with van der Waals surface area (Å²) < 4.78 is 50.7. The van der Waals surface area contributed by atoms with Crippen LogP contribution < -0.4 is 19.0 Å². The molecule has 0 aromatic heterocycles. The molecule has 34 heavy (non-hydrogen) atoms. The second-order valence-corrected chi connectivity index (χ2v) is 9.15. The molecular formula is C22H25N3O8S. The van der Waals surface area contributed by atoms with Crippen molar-refractivity contribution in [3.05, 3.63) is 54.1 Å². The minimum atomic E-state index is -3.81. The Morgan fingerprint density at radius 3 is 2.47 bits per heavy atom. The molecule has 11 nitrogen and oxygen atoms in total. The molecule has 2 aromatic carbocycles. The van der Waals surface area contributed by atoms with E-state index in [2.05, 4.69) is 10.3 Å². The molecule has 3 atom stereocenters. The predicted octanol–water partition coefficient (Wildman–Crippen LogP) is 1.70. The van der Waals surface area contributed by atoms with Gasteiger partial charge in [-0.2, -0.15) is 13.7 Å². The zero-order chi connectivity index (χ0) is 24.9. The number of hydrogen-bond acceptors (Lipinski definition) is 10. The topological polar surface area (TPSA) is 149 Å². The van der Waals surface area contributed by atoms with Crippen LogP contribution in [0.15, 0.2) is 53.5 Å². The van der Waals surface area contributed by atoms with Gasteiger partial charge in [-0.3, -0.25) is 0 Å². The lowest BCUT2D eigenvalue weighted by Gasteiger charge is -2.46. The monoisotopic (exact) mass is 491 g/mol. The summed E-state index contributed by atoms with van der Waals surface area (Å²) in [5.41, 5.74) is -1.09. The standard InChI is InChI=1S/C22H25N3O8S/c1-22(20(29-2)30-3)19(26)18(25-21(24-13-23)31-14-8-6-5-7-9-14)16-12-15(33-34(4,27)28)10-11-17(16)32-22/h5-12,18-20,26H,1-4H3,(H,24,25)/t18-,19+,22+/m1/s1. The fourth-order valence-electron chi connectivity index (χ4n) is 3.66. The Hall–Kier alpha value is -3.37. The summed E-state index contributed by atoms with van der Waals surface area (Å²) in [5, 5.41) is 23.5. The van der Waals surface area contributed by atoms with Crippen LogP contribution in [0.3, 0.4) is 0 Å². The third-order valence-corrected chi connectivity index (χ3v) is 5.58. The Morgan fingerprint density at radius 2 is 1.88 bits per heavy atom. The van der Waals surface area contributed by atoms with Gasteiger partial charge in [0.25, 0.3) is 0 Å². The summed E-state index contributed by atoms with van der Waals surface area (Å²) in [7, 11) is -1.01. The number of ether oxygens (including phenoxy) is 4. The maximum absolute atomic E-state index is 11.6. The number of aliphatic hydroxyl groups is 1. The minimum absolute atomic E-state index is 0.00485. The van der Waals surface area contributed by atoms with Crippen molar-refractivity contribution in [1.82, 2.24) is 5.32 Å². The fraction of sp³-hybridized carbons (Fsp3) is 0.364. The van der Waals surface area contributed by atoms with Gasteiger partial charge in [0.15, 0.2) is 11.9 Å². The van der Waals surface area contributed by atoms with Gasteiger partial charge in [-0.05, 0) is 37.3 Å². The van der Waals surface area contributed by atoms with Crippen LogP contribution in [0.2, 0.25) is 0 Å². The molecule has 0 aliphatic carbocycles. The first kappa shape index (κ1) is 25.3. The number of nitrogens with one attached hydrogen (secondary N) is 1. The number of nitrogens with zero attached hydrogens (tertiary/aromatic N) is 2. The van der Waals surface area contributed by atoms with E-state index in [0.717, 1.165) is 6.26 Å². The normalized spacial score (nSPS) is 22.3. The Labute approximate surface area is 197 Å². The van der Waals surface area contributed by atoms with Crippen LogP contribution in [-0.2, 0) is 19.6 Å². The number of aliphatic imine (C=N–C) groups is 1. The fourth-order valence-corrected chi connectivity index (χ4v) is 4.11. The highest BCUT2D eigenvalue weighted by molar-refractivity contribution is 7.86. The van der Waals surface area contributed by atoms with E-state index < -0.39 is 34.2 Å². The zero-order valence-electron chi connectivity index (χ0n) is 19.0. The van der Waals surface area contributed by atoms with Crippen LogP contribution in [0.1, 0.15) is 18.5 Å². The molecule has 0 radical (unpaired) electrons. The third-order valence-electron chi connectivity index (χ3n) is 5.08. The van der Waals surface area contributed by atoms with Gasteiger partial charge in [0.1, 0.15) is 23.4 Å². The molecule has 0 spiro atoms. The van der Waals surface area contributed by atoms with Crippen LogP contribution >= 0.6 is 0 Å². The Kier molecular flexibility index (Phi) is 7.63. The number of amidine groups is 1. The number of aliphatic hydroxyl groups excluding tert-OH is 1. The summed E-state index contributed by atoms with van der Waals surface area (Å²) in [6, 6.07) is 11.7. The predicted molar refractivity (Wildman–Crippen MR) is 121 cm³/mol. The summed E-state index contributed by atoms with van der Waals surface area (Å²) >= 11 is 0. The second-order valence-electron chi connectivity index (χ2n) is 7.58.